The second-order valence-corrected chi connectivity index (χ2v) is 5.75. The van der Waals surface area contributed by atoms with Gasteiger partial charge in [0.15, 0.2) is 11.5 Å². The molecule has 1 aliphatic rings. The van der Waals surface area contributed by atoms with Gasteiger partial charge in [-0.2, -0.15) is 5.10 Å². The molecule has 150 valence electrons. The number of hydrogen-bond donors (Lipinski definition) is 3. The zero-order chi connectivity index (χ0) is 21.0. The van der Waals surface area contributed by atoms with E-state index >= 15 is 0 Å². The molecular formula is C19H16N2O8. The summed E-state index contributed by atoms with van der Waals surface area (Å²) in [6, 6.07) is 6.78. The number of carboxylic acids is 1. The second kappa shape index (κ2) is 8.30. The Morgan fingerprint density at radius 1 is 1.17 bits per heavy atom. The number of aromatic carboxylic acids is 1. The van der Waals surface area contributed by atoms with E-state index in [1.807, 2.05) is 0 Å². The summed E-state index contributed by atoms with van der Waals surface area (Å²) in [6.45, 7) is 1.77. The van der Waals surface area contributed by atoms with Gasteiger partial charge in [0.2, 0.25) is 6.79 Å². The lowest BCUT2D eigenvalue weighted by atomic mass is 10.0. The molecule has 29 heavy (non-hydrogen) atoms. The lowest BCUT2D eigenvalue weighted by Gasteiger charge is -2.08. The molecule has 0 aromatic heterocycles. The third-order valence-corrected chi connectivity index (χ3v) is 3.89. The number of nitrogens with zero attached hydrogens (tertiary/aromatic N) is 1. The number of rotatable bonds is 6. The zero-order valence-corrected chi connectivity index (χ0v) is 15.2. The predicted octanol–water partition coefficient (Wildman–Crippen LogP) is 1.76. The number of carbonyl (C=O) groups is 3. The van der Waals surface area contributed by atoms with Crippen LogP contribution in [0, 0.1) is 0 Å². The molecule has 2 aromatic carbocycles. The summed E-state index contributed by atoms with van der Waals surface area (Å²) >= 11 is 0. The van der Waals surface area contributed by atoms with Gasteiger partial charge >= 0.3 is 11.9 Å². The highest BCUT2D eigenvalue weighted by Gasteiger charge is 2.19. The average molecular weight is 400 g/mol. The molecule has 0 radical (unpaired) electrons. The van der Waals surface area contributed by atoms with Crippen LogP contribution in [0.4, 0.5) is 0 Å². The first-order chi connectivity index (χ1) is 13.9. The smallest absolute Gasteiger partial charge is 0.339 e. The Kier molecular flexibility index (Phi) is 5.63. The predicted molar refractivity (Wildman–Crippen MR) is 98.6 cm³/mol. The first kappa shape index (κ1) is 19.7. The van der Waals surface area contributed by atoms with Gasteiger partial charge in [0.05, 0.1) is 18.4 Å². The molecule has 0 saturated heterocycles. The van der Waals surface area contributed by atoms with Gasteiger partial charge in [-0.15, -0.1) is 0 Å². The SMILES string of the molecule is CCOC(=O)c1cc(/C=N/NC(=O)c2ccc3c(c2)OCO3)c(O)c(C(=O)O)c1. The van der Waals surface area contributed by atoms with E-state index in [1.54, 1.807) is 13.0 Å². The molecule has 0 fully saturated rings. The van der Waals surface area contributed by atoms with Crippen molar-refractivity contribution in [3.8, 4) is 17.2 Å². The number of aromatic hydroxyl groups is 1. The maximum atomic E-state index is 12.2. The first-order valence-corrected chi connectivity index (χ1v) is 8.41. The molecule has 3 N–H and O–H groups in total. The number of esters is 1. The molecule has 0 spiro atoms. The number of hydrogen-bond acceptors (Lipinski definition) is 8. The van der Waals surface area contributed by atoms with E-state index in [1.165, 1.54) is 18.2 Å². The van der Waals surface area contributed by atoms with Crippen LogP contribution in [0.1, 0.15) is 43.6 Å². The number of nitrogens with one attached hydrogen (secondary N) is 1. The maximum Gasteiger partial charge on any atom is 0.339 e. The van der Waals surface area contributed by atoms with E-state index in [-0.39, 0.29) is 30.1 Å². The van der Waals surface area contributed by atoms with Crippen LogP contribution in [0.15, 0.2) is 35.4 Å². The number of phenols is 1. The second-order valence-electron chi connectivity index (χ2n) is 5.75. The van der Waals surface area contributed by atoms with Crippen LogP contribution in [0.25, 0.3) is 0 Å². The molecule has 3 rings (SSSR count). The molecule has 0 atom stereocenters. The van der Waals surface area contributed by atoms with E-state index < -0.39 is 29.2 Å². The molecule has 10 nitrogen and oxygen atoms in total. The molecule has 0 bridgehead atoms. The normalized spacial score (nSPS) is 12.0. The lowest BCUT2D eigenvalue weighted by Crippen LogP contribution is -2.17. The first-order valence-electron chi connectivity index (χ1n) is 8.41. The summed E-state index contributed by atoms with van der Waals surface area (Å²) in [5.74, 6) is -2.42. The third kappa shape index (κ3) is 4.26. The molecule has 1 heterocycles. The number of benzene rings is 2. The molecule has 0 aliphatic carbocycles. The Morgan fingerprint density at radius 2 is 1.93 bits per heavy atom. The molecule has 1 aliphatic heterocycles. The van der Waals surface area contributed by atoms with Crippen molar-refractivity contribution in [1.82, 2.24) is 5.43 Å². The topological polar surface area (TPSA) is 144 Å². The Bertz CT molecular complexity index is 1020. The van der Waals surface area contributed by atoms with Gasteiger partial charge < -0.3 is 24.4 Å². The molecule has 0 saturated carbocycles. The maximum absolute atomic E-state index is 12.2. The monoisotopic (exact) mass is 400 g/mol. The van der Waals surface area contributed by atoms with E-state index in [4.69, 9.17) is 14.2 Å². The summed E-state index contributed by atoms with van der Waals surface area (Å²) in [7, 11) is 0. The van der Waals surface area contributed by atoms with Gasteiger partial charge in [-0.3, -0.25) is 4.79 Å². The lowest BCUT2D eigenvalue weighted by molar-refractivity contribution is 0.0526. The van der Waals surface area contributed by atoms with Crippen molar-refractivity contribution in [2.75, 3.05) is 13.4 Å². The molecule has 1 amide bonds. The van der Waals surface area contributed by atoms with Crippen LogP contribution in [0.5, 0.6) is 17.2 Å². The van der Waals surface area contributed by atoms with Crippen molar-refractivity contribution in [3.63, 3.8) is 0 Å². The summed E-state index contributed by atoms with van der Waals surface area (Å²) in [4.78, 5) is 35.4. The number of ether oxygens (including phenoxy) is 3. The Labute approximate surface area is 164 Å². The molecule has 0 unspecified atom stereocenters. The van der Waals surface area contributed by atoms with Crippen molar-refractivity contribution in [1.29, 1.82) is 0 Å². The van der Waals surface area contributed by atoms with E-state index in [2.05, 4.69) is 10.5 Å². The van der Waals surface area contributed by atoms with Crippen molar-refractivity contribution < 1.29 is 38.8 Å². The summed E-state index contributed by atoms with van der Waals surface area (Å²) in [5.41, 5.74) is 1.84. The number of fused-ring (bicyclic) bond motifs is 1. The summed E-state index contributed by atoms with van der Waals surface area (Å²) < 4.78 is 15.2. The molecule has 10 heteroatoms. The highest BCUT2D eigenvalue weighted by molar-refractivity contribution is 6.01. The average Bonchev–Trinajstić information content (AvgIpc) is 3.16. The zero-order valence-electron chi connectivity index (χ0n) is 15.2. The Hall–Kier alpha value is -4.08. The fourth-order valence-corrected chi connectivity index (χ4v) is 2.51. The minimum Gasteiger partial charge on any atom is -0.506 e. The largest absolute Gasteiger partial charge is 0.506 e. The van der Waals surface area contributed by atoms with Crippen molar-refractivity contribution in [3.05, 3.63) is 52.6 Å². The Balaban J connectivity index is 1.81. The Morgan fingerprint density at radius 3 is 2.66 bits per heavy atom. The summed E-state index contributed by atoms with van der Waals surface area (Å²) in [6.07, 6.45) is 1.02. The van der Waals surface area contributed by atoms with E-state index in [9.17, 15) is 24.6 Å². The number of amides is 1. The third-order valence-electron chi connectivity index (χ3n) is 3.89. The summed E-state index contributed by atoms with van der Waals surface area (Å²) in [5, 5.41) is 23.1. The fourth-order valence-electron chi connectivity index (χ4n) is 2.51. The van der Waals surface area contributed by atoms with Gasteiger partial charge in [-0.1, -0.05) is 0 Å². The number of hydrazone groups is 1. The van der Waals surface area contributed by atoms with Crippen LogP contribution < -0.4 is 14.9 Å². The quantitative estimate of drug-likeness (QED) is 0.378. The highest BCUT2D eigenvalue weighted by atomic mass is 16.7. The minimum absolute atomic E-state index is 0.0700. The fraction of sp³-hybridized carbons (Fsp3) is 0.158. The van der Waals surface area contributed by atoms with Crippen LogP contribution in [0.3, 0.4) is 0 Å². The number of carbonyl (C=O) groups excluding carboxylic acids is 2. The van der Waals surface area contributed by atoms with Gasteiger partial charge in [-0.05, 0) is 37.3 Å². The highest BCUT2D eigenvalue weighted by Crippen LogP contribution is 2.32. The number of carboxylic acid groups (broad SMARTS) is 1. The van der Waals surface area contributed by atoms with Crippen LogP contribution in [-0.2, 0) is 4.74 Å². The van der Waals surface area contributed by atoms with Gasteiger partial charge in [-0.25, -0.2) is 15.0 Å². The van der Waals surface area contributed by atoms with Gasteiger partial charge in [0.1, 0.15) is 11.3 Å². The van der Waals surface area contributed by atoms with Crippen molar-refractivity contribution >= 4 is 24.1 Å². The molecular weight excluding hydrogens is 384 g/mol. The minimum atomic E-state index is -1.44. The van der Waals surface area contributed by atoms with Gasteiger partial charge in [0.25, 0.3) is 5.91 Å². The van der Waals surface area contributed by atoms with Gasteiger partial charge in [0, 0.05) is 11.1 Å². The van der Waals surface area contributed by atoms with Crippen LogP contribution in [0.2, 0.25) is 0 Å². The van der Waals surface area contributed by atoms with Crippen LogP contribution >= 0.6 is 0 Å². The van der Waals surface area contributed by atoms with Crippen LogP contribution in [-0.4, -0.2) is 47.7 Å². The standard InChI is InChI=1S/C19H16N2O8/c1-2-27-19(26)11-5-12(16(22)13(6-11)18(24)25)8-20-21-17(23)10-3-4-14-15(7-10)29-9-28-14/h3-8,22H,2,9H2,1H3,(H,21,23)(H,24,25)/b20-8+. The van der Waals surface area contributed by atoms with Crippen molar-refractivity contribution in [2.24, 2.45) is 5.10 Å². The molecule has 2 aromatic rings. The van der Waals surface area contributed by atoms with E-state index in [0.717, 1.165) is 12.3 Å². The van der Waals surface area contributed by atoms with Crippen molar-refractivity contribution in [2.45, 2.75) is 6.92 Å². The van der Waals surface area contributed by atoms with E-state index in [0.29, 0.717) is 11.5 Å².